The van der Waals surface area contributed by atoms with E-state index in [-0.39, 0.29) is 16.6 Å². The van der Waals surface area contributed by atoms with Crippen molar-refractivity contribution in [3.8, 4) is 0 Å². The SMILES string of the molecule is O=C(O)c1cnc2oc(Cl)nc2c1. The zero-order valence-electron chi connectivity index (χ0n) is 6.19. The molecule has 0 aromatic carbocycles. The fraction of sp³-hybridized carbons (Fsp3) is 0. The maximum Gasteiger partial charge on any atom is 0.337 e. The Morgan fingerprint density at radius 3 is 3.08 bits per heavy atom. The second-order valence-electron chi connectivity index (χ2n) is 2.32. The van der Waals surface area contributed by atoms with Gasteiger partial charge in [-0.1, -0.05) is 0 Å². The molecular formula is C7H3ClN2O3. The van der Waals surface area contributed by atoms with E-state index < -0.39 is 5.97 Å². The molecule has 0 bridgehead atoms. The number of halogens is 1. The van der Waals surface area contributed by atoms with Gasteiger partial charge in [0.2, 0.25) is 5.71 Å². The fourth-order valence-electron chi connectivity index (χ4n) is 0.914. The number of carbonyl (C=O) groups is 1. The van der Waals surface area contributed by atoms with E-state index in [1.54, 1.807) is 0 Å². The first-order chi connectivity index (χ1) is 6.16. The zero-order valence-corrected chi connectivity index (χ0v) is 6.95. The average Bonchev–Trinajstić information content (AvgIpc) is 2.42. The number of hydrogen-bond donors (Lipinski definition) is 1. The van der Waals surface area contributed by atoms with Crippen LogP contribution >= 0.6 is 11.6 Å². The summed E-state index contributed by atoms with van der Waals surface area (Å²) >= 11 is 5.45. The average molecular weight is 199 g/mol. The Balaban J connectivity index is 2.67. The van der Waals surface area contributed by atoms with Crippen molar-refractivity contribution >= 4 is 28.8 Å². The minimum atomic E-state index is -1.06. The Bertz CT molecular complexity index is 480. The van der Waals surface area contributed by atoms with Crippen molar-refractivity contribution in [3.05, 3.63) is 23.2 Å². The summed E-state index contributed by atoms with van der Waals surface area (Å²) in [7, 11) is 0. The third-order valence-corrected chi connectivity index (χ3v) is 1.63. The number of fused-ring (bicyclic) bond motifs is 1. The highest BCUT2D eigenvalue weighted by Gasteiger charge is 2.09. The van der Waals surface area contributed by atoms with Crippen molar-refractivity contribution in [2.24, 2.45) is 0 Å². The lowest BCUT2D eigenvalue weighted by Crippen LogP contribution is -1.96. The Morgan fingerprint density at radius 1 is 1.62 bits per heavy atom. The predicted octanol–water partition coefficient (Wildman–Crippen LogP) is 1.57. The van der Waals surface area contributed by atoms with E-state index in [0.717, 1.165) is 0 Å². The lowest BCUT2D eigenvalue weighted by molar-refractivity contribution is 0.0696. The minimum absolute atomic E-state index is 0.0509. The topological polar surface area (TPSA) is 76.2 Å². The predicted molar refractivity (Wildman–Crippen MR) is 43.8 cm³/mol. The summed E-state index contributed by atoms with van der Waals surface area (Å²) in [6.07, 6.45) is 1.19. The molecule has 0 radical (unpaired) electrons. The number of aromatic carboxylic acids is 1. The summed E-state index contributed by atoms with van der Waals surface area (Å²) in [4.78, 5) is 18.0. The summed E-state index contributed by atoms with van der Waals surface area (Å²) in [6.45, 7) is 0. The number of carboxylic acids is 1. The van der Waals surface area contributed by atoms with Crippen molar-refractivity contribution in [3.63, 3.8) is 0 Å². The molecule has 0 aliphatic carbocycles. The van der Waals surface area contributed by atoms with E-state index in [1.807, 2.05) is 0 Å². The quantitative estimate of drug-likeness (QED) is 0.753. The number of nitrogens with zero attached hydrogens (tertiary/aromatic N) is 2. The molecule has 1 N–H and O–H groups in total. The van der Waals surface area contributed by atoms with Gasteiger partial charge in [-0.15, -0.1) is 0 Å². The molecule has 0 spiro atoms. The van der Waals surface area contributed by atoms with Crippen LogP contribution in [0.2, 0.25) is 5.35 Å². The summed E-state index contributed by atoms with van der Waals surface area (Å²) in [5.74, 6) is -1.06. The van der Waals surface area contributed by atoms with Gasteiger partial charge in [-0.05, 0) is 17.7 Å². The van der Waals surface area contributed by atoms with Crippen LogP contribution in [0.25, 0.3) is 11.2 Å². The van der Waals surface area contributed by atoms with Crippen LogP contribution in [-0.4, -0.2) is 21.0 Å². The van der Waals surface area contributed by atoms with E-state index in [2.05, 4.69) is 9.97 Å². The van der Waals surface area contributed by atoms with Gasteiger partial charge in [0, 0.05) is 6.20 Å². The molecule has 13 heavy (non-hydrogen) atoms. The van der Waals surface area contributed by atoms with Crippen LogP contribution in [0.4, 0.5) is 0 Å². The highest BCUT2D eigenvalue weighted by Crippen LogP contribution is 2.17. The van der Waals surface area contributed by atoms with Crippen LogP contribution in [0.5, 0.6) is 0 Å². The zero-order chi connectivity index (χ0) is 9.42. The molecule has 0 saturated heterocycles. The van der Waals surface area contributed by atoms with Gasteiger partial charge in [-0.2, -0.15) is 4.98 Å². The molecule has 66 valence electrons. The van der Waals surface area contributed by atoms with E-state index in [4.69, 9.17) is 21.1 Å². The largest absolute Gasteiger partial charge is 0.478 e. The summed E-state index contributed by atoms with van der Waals surface area (Å²) < 4.78 is 4.85. The highest BCUT2D eigenvalue weighted by atomic mass is 35.5. The summed E-state index contributed by atoms with van der Waals surface area (Å²) in [5, 5.41) is 8.57. The van der Waals surface area contributed by atoms with Gasteiger partial charge in [-0.3, -0.25) is 0 Å². The number of rotatable bonds is 1. The maximum absolute atomic E-state index is 10.5. The monoisotopic (exact) mass is 198 g/mol. The van der Waals surface area contributed by atoms with E-state index in [9.17, 15) is 4.79 Å². The normalized spacial score (nSPS) is 10.5. The Labute approximate surface area is 77.0 Å². The first-order valence-electron chi connectivity index (χ1n) is 3.32. The second kappa shape index (κ2) is 2.70. The highest BCUT2D eigenvalue weighted by molar-refractivity contribution is 6.28. The van der Waals surface area contributed by atoms with Gasteiger partial charge in [0.1, 0.15) is 5.52 Å². The molecule has 0 amide bonds. The molecule has 6 heteroatoms. The molecule has 5 nitrogen and oxygen atoms in total. The van der Waals surface area contributed by atoms with Gasteiger partial charge in [-0.25, -0.2) is 9.78 Å². The summed E-state index contributed by atoms with van der Waals surface area (Å²) in [5.41, 5.74) is 0.623. The number of oxazole rings is 1. The Hall–Kier alpha value is -1.62. The van der Waals surface area contributed by atoms with Crippen LogP contribution in [0.1, 0.15) is 10.4 Å². The van der Waals surface area contributed by atoms with Crippen molar-refractivity contribution in [1.29, 1.82) is 0 Å². The van der Waals surface area contributed by atoms with Crippen molar-refractivity contribution in [1.82, 2.24) is 9.97 Å². The van der Waals surface area contributed by atoms with E-state index >= 15 is 0 Å². The van der Waals surface area contributed by atoms with E-state index in [0.29, 0.717) is 5.52 Å². The third-order valence-electron chi connectivity index (χ3n) is 1.47. The molecule has 0 aliphatic rings. The smallest absolute Gasteiger partial charge is 0.337 e. The first-order valence-corrected chi connectivity index (χ1v) is 3.70. The number of carboxylic acid groups (broad SMARTS) is 1. The first kappa shape index (κ1) is 8.00. The van der Waals surface area contributed by atoms with Gasteiger partial charge in [0.15, 0.2) is 0 Å². The van der Waals surface area contributed by atoms with Crippen LogP contribution in [0.15, 0.2) is 16.7 Å². The molecule has 0 fully saturated rings. The van der Waals surface area contributed by atoms with Crippen LogP contribution in [0.3, 0.4) is 0 Å². The van der Waals surface area contributed by atoms with Crippen molar-refractivity contribution in [2.75, 3.05) is 0 Å². The fourth-order valence-corrected chi connectivity index (χ4v) is 1.08. The molecule has 2 aromatic heterocycles. The van der Waals surface area contributed by atoms with Gasteiger partial charge >= 0.3 is 5.97 Å². The van der Waals surface area contributed by atoms with Gasteiger partial charge < -0.3 is 9.52 Å². The standard InChI is InChI=1S/C7H3ClN2O3/c8-7-10-4-1-3(6(11)12)2-9-5(4)13-7/h1-2H,(H,11,12). The lowest BCUT2D eigenvalue weighted by Gasteiger charge is -1.90. The van der Waals surface area contributed by atoms with Crippen molar-refractivity contribution < 1.29 is 14.3 Å². The van der Waals surface area contributed by atoms with Gasteiger partial charge in [0.25, 0.3) is 5.35 Å². The summed E-state index contributed by atoms with van der Waals surface area (Å²) in [6, 6.07) is 1.35. The molecule has 2 aromatic rings. The van der Waals surface area contributed by atoms with Crippen LogP contribution in [-0.2, 0) is 0 Å². The maximum atomic E-state index is 10.5. The Kier molecular flexibility index (Phi) is 1.66. The second-order valence-corrected chi connectivity index (χ2v) is 2.64. The van der Waals surface area contributed by atoms with Crippen LogP contribution in [0, 0.1) is 0 Å². The molecule has 2 rings (SSSR count). The molecule has 0 saturated carbocycles. The molecular weight excluding hydrogens is 196 g/mol. The molecule has 0 atom stereocenters. The van der Waals surface area contributed by atoms with Crippen LogP contribution < -0.4 is 0 Å². The van der Waals surface area contributed by atoms with E-state index in [1.165, 1.54) is 12.3 Å². The van der Waals surface area contributed by atoms with Gasteiger partial charge in [0.05, 0.1) is 5.56 Å². The third kappa shape index (κ3) is 1.33. The number of hydrogen-bond acceptors (Lipinski definition) is 4. The molecule has 0 unspecified atom stereocenters. The lowest BCUT2D eigenvalue weighted by atomic mass is 10.3. The molecule has 2 heterocycles. The minimum Gasteiger partial charge on any atom is -0.478 e. The van der Waals surface area contributed by atoms with Crippen molar-refractivity contribution in [2.45, 2.75) is 0 Å². The molecule has 0 aliphatic heterocycles. The number of aromatic nitrogens is 2. The number of pyridine rings is 1. The Morgan fingerprint density at radius 2 is 2.38 bits per heavy atom.